The summed E-state index contributed by atoms with van der Waals surface area (Å²) in [6.07, 6.45) is 3.64. The maximum absolute atomic E-state index is 6.73. The lowest BCUT2D eigenvalue weighted by Gasteiger charge is -2.51. The quantitative estimate of drug-likeness (QED) is 0.151. The molecule has 288 valence electrons. The van der Waals surface area contributed by atoms with Gasteiger partial charge in [0.05, 0.1) is 44.2 Å². The van der Waals surface area contributed by atoms with Crippen molar-refractivity contribution in [3.05, 3.63) is 75.3 Å². The molecular formula is C44H57ClO8. The smallest absolute Gasteiger partial charge is 0.126 e. The van der Waals surface area contributed by atoms with Crippen molar-refractivity contribution in [2.75, 3.05) is 52.9 Å². The molecule has 1 aliphatic carbocycles. The van der Waals surface area contributed by atoms with Crippen LogP contribution in [0.25, 0.3) is 11.1 Å². The Morgan fingerprint density at radius 2 is 1.08 bits per heavy atom. The third-order valence-corrected chi connectivity index (χ3v) is 11.5. The van der Waals surface area contributed by atoms with Gasteiger partial charge >= 0.3 is 0 Å². The minimum absolute atomic E-state index is 0.139. The third kappa shape index (κ3) is 9.88. The van der Waals surface area contributed by atoms with Crippen LogP contribution in [0, 0.1) is 38.5 Å². The molecule has 8 nitrogen and oxygen atoms in total. The van der Waals surface area contributed by atoms with Crippen LogP contribution in [0.5, 0.6) is 17.2 Å². The molecule has 9 heteroatoms. The number of halogens is 1. The summed E-state index contributed by atoms with van der Waals surface area (Å²) in [5.41, 5.74) is 8.04. The van der Waals surface area contributed by atoms with Crippen LogP contribution < -0.4 is 14.2 Å². The van der Waals surface area contributed by atoms with Crippen molar-refractivity contribution in [1.29, 1.82) is 0 Å². The summed E-state index contributed by atoms with van der Waals surface area (Å²) >= 11 is 6.73. The SMILES string of the molecule is CC1(C)CC(c2ccc(OCC3CO3)cc2)CC(C)(C)C1OCC1CO1.Cc1cc(-c2cc(C)c(OCC3CO3)c(C)c2Cl)cc(C)c1OCC1CO1. The van der Waals surface area contributed by atoms with Gasteiger partial charge in [0, 0.05) is 11.1 Å². The van der Waals surface area contributed by atoms with Gasteiger partial charge in [-0.3, -0.25) is 0 Å². The average molecular weight is 749 g/mol. The van der Waals surface area contributed by atoms with Gasteiger partial charge in [-0.25, -0.2) is 0 Å². The van der Waals surface area contributed by atoms with Gasteiger partial charge in [0.2, 0.25) is 0 Å². The van der Waals surface area contributed by atoms with Crippen molar-refractivity contribution < 1.29 is 37.9 Å². The predicted octanol–water partition coefficient (Wildman–Crippen LogP) is 8.97. The van der Waals surface area contributed by atoms with Gasteiger partial charge in [0.15, 0.2) is 0 Å². The van der Waals surface area contributed by atoms with E-state index in [1.165, 1.54) is 5.56 Å². The molecular weight excluding hydrogens is 692 g/mol. The first kappa shape index (κ1) is 38.4. The number of epoxide rings is 4. The molecule has 5 aliphatic rings. The van der Waals surface area contributed by atoms with E-state index in [9.17, 15) is 0 Å². The van der Waals surface area contributed by atoms with Crippen molar-refractivity contribution in [1.82, 2.24) is 0 Å². The van der Waals surface area contributed by atoms with Gasteiger partial charge in [-0.15, -0.1) is 0 Å². The summed E-state index contributed by atoms with van der Waals surface area (Å²) < 4.78 is 45.0. The van der Waals surface area contributed by atoms with Crippen molar-refractivity contribution in [3.63, 3.8) is 0 Å². The summed E-state index contributed by atoms with van der Waals surface area (Å²) in [6, 6.07) is 15.0. The molecule has 4 heterocycles. The van der Waals surface area contributed by atoms with Crippen molar-refractivity contribution in [2.45, 2.75) is 105 Å². The maximum Gasteiger partial charge on any atom is 0.126 e. The van der Waals surface area contributed by atoms with E-state index >= 15 is 0 Å². The monoisotopic (exact) mass is 748 g/mol. The van der Waals surface area contributed by atoms with Crippen molar-refractivity contribution >= 4 is 11.6 Å². The average Bonchev–Trinajstić information content (AvgIpc) is 3.89. The lowest BCUT2D eigenvalue weighted by Crippen LogP contribution is -2.49. The second-order valence-electron chi connectivity index (χ2n) is 17.1. The highest BCUT2D eigenvalue weighted by molar-refractivity contribution is 6.34. The minimum Gasteiger partial charge on any atom is -0.491 e. The molecule has 0 N–H and O–H groups in total. The van der Waals surface area contributed by atoms with Crippen LogP contribution in [0.4, 0.5) is 0 Å². The fourth-order valence-electron chi connectivity index (χ4n) is 8.25. The van der Waals surface area contributed by atoms with E-state index in [1.807, 2.05) is 6.92 Å². The summed E-state index contributed by atoms with van der Waals surface area (Å²) in [6.45, 7) is 23.5. The Morgan fingerprint density at radius 1 is 0.623 bits per heavy atom. The largest absolute Gasteiger partial charge is 0.491 e. The van der Waals surface area contributed by atoms with Gasteiger partial charge in [-0.2, -0.15) is 0 Å². The fourth-order valence-corrected chi connectivity index (χ4v) is 8.50. The first-order valence-corrected chi connectivity index (χ1v) is 19.6. The molecule has 0 bridgehead atoms. The van der Waals surface area contributed by atoms with Crippen LogP contribution in [-0.2, 0) is 23.7 Å². The molecule has 3 aromatic carbocycles. The standard InChI is InChI=1S/C22H25ClO4.C22H32O4/c1-12-5-16(6-13(2)21(12)26-10-17-8-24-17)19-7-14(3)22(15(4)20(19)23)27-11-18-9-25-18;1-21(2)9-16(10-22(3,4)20(21)26-14-19-13-25-19)15-5-7-17(8-6-15)23-11-18-12-24-18/h5-7,17-18H,8-11H2,1-4H3;5-8,16,18-20H,9-14H2,1-4H3. The highest BCUT2D eigenvalue weighted by Crippen LogP contribution is 2.53. The fraction of sp³-hybridized carbons (Fsp3) is 0.591. The summed E-state index contributed by atoms with van der Waals surface area (Å²) in [7, 11) is 0. The van der Waals surface area contributed by atoms with Gasteiger partial charge in [-0.1, -0.05) is 51.4 Å². The Hall–Kier alpha value is -2.85. The van der Waals surface area contributed by atoms with E-state index < -0.39 is 0 Å². The minimum atomic E-state index is 0.139. The third-order valence-electron chi connectivity index (χ3n) is 11.0. The molecule has 53 heavy (non-hydrogen) atoms. The lowest BCUT2D eigenvalue weighted by molar-refractivity contribution is -0.128. The molecule has 8 rings (SSSR count). The second-order valence-corrected chi connectivity index (χ2v) is 17.4. The van der Waals surface area contributed by atoms with Crippen molar-refractivity contribution in [2.24, 2.45) is 10.8 Å². The van der Waals surface area contributed by atoms with Crippen LogP contribution in [0.3, 0.4) is 0 Å². The molecule has 4 saturated heterocycles. The highest BCUT2D eigenvalue weighted by atomic mass is 35.5. The lowest BCUT2D eigenvalue weighted by atomic mass is 9.58. The van der Waals surface area contributed by atoms with E-state index in [0.717, 1.165) is 102 Å². The van der Waals surface area contributed by atoms with E-state index in [4.69, 9.17) is 49.5 Å². The van der Waals surface area contributed by atoms with Crippen LogP contribution in [0.1, 0.15) is 74.3 Å². The van der Waals surface area contributed by atoms with Gasteiger partial charge < -0.3 is 37.9 Å². The molecule has 0 radical (unpaired) electrons. The Kier molecular flexibility index (Phi) is 11.4. The molecule has 4 atom stereocenters. The molecule has 5 fully saturated rings. The van der Waals surface area contributed by atoms with E-state index in [0.29, 0.717) is 37.9 Å². The summed E-state index contributed by atoms with van der Waals surface area (Å²) in [5, 5.41) is 0.728. The zero-order valence-corrected chi connectivity index (χ0v) is 33.5. The Balaban J connectivity index is 0.000000164. The Morgan fingerprint density at radius 3 is 1.58 bits per heavy atom. The number of aryl methyl sites for hydroxylation is 3. The second kappa shape index (κ2) is 15.7. The molecule has 4 unspecified atom stereocenters. The first-order chi connectivity index (χ1) is 25.3. The van der Waals surface area contributed by atoms with Crippen LogP contribution in [-0.4, -0.2) is 83.4 Å². The Bertz CT molecular complexity index is 1700. The van der Waals surface area contributed by atoms with Crippen LogP contribution in [0.2, 0.25) is 5.02 Å². The van der Waals surface area contributed by atoms with Gasteiger partial charge in [-0.05, 0) is 115 Å². The number of benzene rings is 3. The molecule has 3 aromatic rings. The number of hydrogen-bond acceptors (Lipinski definition) is 8. The number of hydrogen-bond donors (Lipinski definition) is 0. The number of rotatable bonds is 14. The zero-order valence-electron chi connectivity index (χ0n) is 32.7. The van der Waals surface area contributed by atoms with Crippen LogP contribution in [0.15, 0.2) is 42.5 Å². The van der Waals surface area contributed by atoms with Crippen LogP contribution >= 0.6 is 11.6 Å². The van der Waals surface area contributed by atoms with E-state index in [2.05, 4.69) is 90.9 Å². The zero-order chi connectivity index (χ0) is 37.5. The molecule has 0 amide bonds. The van der Waals surface area contributed by atoms with Crippen molar-refractivity contribution in [3.8, 4) is 28.4 Å². The van der Waals surface area contributed by atoms with E-state index in [1.54, 1.807) is 0 Å². The topological polar surface area (TPSA) is 87.0 Å². The molecule has 0 spiro atoms. The molecule has 0 aromatic heterocycles. The molecule has 1 saturated carbocycles. The van der Waals surface area contributed by atoms with Gasteiger partial charge in [0.25, 0.3) is 0 Å². The Labute approximate surface area is 320 Å². The van der Waals surface area contributed by atoms with Gasteiger partial charge in [0.1, 0.15) is 61.5 Å². The normalized spacial score (nSPS) is 27.3. The highest BCUT2D eigenvalue weighted by Gasteiger charge is 2.49. The first-order valence-electron chi connectivity index (χ1n) is 19.2. The maximum atomic E-state index is 6.73. The summed E-state index contributed by atoms with van der Waals surface area (Å²) in [4.78, 5) is 0. The summed E-state index contributed by atoms with van der Waals surface area (Å²) in [5.74, 6) is 3.28. The van der Waals surface area contributed by atoms with E-state index in [-0.39, 0.29) is 29.1 Å². The number of ether oxygens (including phenoxy) is 8. The predicted molar refractivity (Wildman–Crippen MR) is 207 cm³/mol. The molecule has 4 aliphatic heterocycles.